The highest BCUT2D eigenvalue weighted by atomic mass is 16.5. The predicted molar refractivity (Wildman–Crippen MR) is 102 cm³/mol. The molecule has 144 valence electrons. The molecule has 1 aromatic carbocycles. The molecule has 1 fully saturated rings. The van der Waals surface area contributed by atoms with Crippen molar-refractivity contribution in [1.82, 2.24) is 15.1 Å². The van der Waals surface area contributed by atoms with Crippen LogP contribution in [0.25, 0.3) is 11.3 Å². The van der Waals surface area contributed by atoms with Gasteiger partial charge in [0.15, 0.2) is 0 Å². The number of hydrogen-bond donors (Lipinski definition) is 1. The van der Waals surface area contributed by atoms with E-state index in [0.29, 0.717) is 18.8 Å². The van der Waals surface area contributed by atoms with Crippen molar-refractivity contribution >= 4 is 5.91 Å². The number of nitrogens with zero attached hydrogens (tertiary/aromatic N) is 2. The zero-order valence-electron chi connectivity index (χ0n) is 15.5. The Morgan fingerprint density at radius 1 is 1.30 bits per heavy atom. The van der Waals surface area contributed by atoms with Crippen LogP contribution in [0, 0.1) is 0 Å². The maximum Gasteiger partial charge on any atom is 0.266 e. The molecule has 0 radical (unpaired) electrons. The number of carbonyl (C=O) groups excluding carboxylic acids is 1. The highest BCUT2D eigenvalue weighted by Crippen LogP contribution is 2.19. The van der Waals surface area contributed by atoms with Crippen molar-refractivity contribution in [2.75, 3.05) is 19.8 Å². The lowest BCUT2D eigenvalue weighted by atomic mass is 10.1. The van der Waals surface area contributed by atoms with Crippen LogP contribution in [0.4, 0.5) is 0 Å². The van der Waals surface area contributed by atoms with E-state index >= 15 is 0 Å². The lowest BCUT2D eigenvalue weighted by molar-refractivity contribution is -0.121. The second-order valence-corrected chi connectivity index (χ2v) is 6.43. The van der Waals surface area contributed by atoms with Gasteiger partial charge in [-0.2, -0.15) is 5.10 Å². The van der Waals surface area contributed by atoms with Gasteiger partial charge in [0.25, 0.3) is 5.56 Å². The number of aromatic nitrogens is 2. The number of nitrogens with one attached hydrogen (secondary N) is 1. The maximum atomic E-state index is 12.1. The summed E-state index contributed by atoms with van der Waals surface area (Å²) in [5, 5.41) is 7.24. The predicted octanol–water partition coefficient (Wildman–Crippen LogP) is 1.99. The molecule has 1 atom stereocenters. The molecule has 1 amide bonds. The van der Waals surface area contributed by atoms with Crippen LogP contribution in [0.15, 0.2) is 41.2 Å². The lowest BCUT2D eigenvalue weighted by Gasteiger charge is -2.11. The summed E-state index contributed by atoms with van der Waals surface area (Å²) < 4.78 is 12.2. The minimum absolute atomic E-state index is 0.106. The standard InChI is InChI=1S/C20H25N3O4/c1-2-26-16-7-5-15(6-8-16)18-9-10-20(25)23(22-18)12-11-19(24)21-14-17-4-3-13-27-17/h5-10,17H,2-4,11-14H2,1H3,(H,21,24). The van der Waals surface area contributed by atoms with Crippen LogP contribution >= 0.6 is 0 Å². The molecule has 0 saturated carbocycles. The first kappa shape index (κ1) is 19.1. The minimum Gasteiger partial charge on any atom is -0.494 e. The third-order valence-electron chi connectivity index (χ3n) is 4.43. The second-order valence-electron chi connectivity index (χ2n) is 6.43. The number of hydrogen-bond acceptors (Lipinski definition) is 5. The fourth-order valence-corrected chi connectivity index (χ4v) is 2.98. The summed E-state index contributed by atoms with van der Waals surface area (Å²) in [6.07, 6.45) is 2.33. The Bertz CT molecular complexity index is 811. The molecular formula is C20H25N3O4. The van der Waals surface area contributed by atoms with Crippen molar-refractivity contribution in [2.24, 2.45) is 0 Å². The van der Waals surface area contributed by atoms with E-state index in [1.54, 1.807) is 6.07 Å². The van der Waals surface area contributed by atoms with Crippen molar-refractivity contribution < 1.29 is 14.3 Å². The summed E-state index contributed by atoms with van der Waals surface area (Å²) in [4.78, 5) is 24.1. The molecule has 2 heterocycles. The lowest BCUT2D eigenvalue weighted by Crippen LogP contribution is -2.33. The molecule has 0 spiro atoms. The number of amides is 1. The zero-order valence-corrected chi connectivity index (χ0v) is 15.5. The van der Waals surface area contributed by atoms with Gasteiger partial charge in [0.1, 0.15) is 5.75 Å². The first-order valence-corrected chi connectivity index (χ1v) is 9.35. The zero-order chi connectivity index (χ0) is 19.1. The Morgan fingerprint density at radius 3 is 2.81 bits per heavy atom. The number of benzene rings is 1. The van der Waals surface area contributed by atoms with Crippen LogP contribution < -0.4 is 15.6 Å². The SMILES string of the molecule is CCOc1ccc(-c2ccc(=O)n(CCC(=O)NCC3CCCO3)n2)cc1. The molecule has 3 rings (SSSR count). The van der Waals surface area contributed by atoms with Gasteiger partial charge in [-0.3, -0.25) is 9.59 Å². The molecule has 1 saturated heterocycles. The van der Waals surface area contributed by atoms with Crippen LogP contribution in [-0.4, -0.2) is 41.6 Å². The Balaban J connectivity index is 1.59. The van der Waals surface area contributed by atoms with E-state index in [-0.39, 0.29) is 30.5 Å². The molecule has 27 heavy (non-hydrogen) atoms. The normalized spacial score (nSPS) is 16.3. The molecule has 1 N–H and O–H groups in total. The van der Waals surface area contributed by atoms with Crippen molar-refractivity contribution in [1.29, 1.82) is 0 Å². The topological polar surface area (TPSA) is 82.5 Å². The highest BCUT2D eigenvalue weighted by Gasteiger charge is 2.16. The van der Waals surface area contributed by atoms with Gasteiger partial charge in [-0.25, -0.2) is 4.68 Å². The molecule has 0 bridgehead atoms. The van der Waals surface area contributed by atoms with Crippen molar-refractivity contribution in [2.45, 2.75) is 38.8 Å². The van der Waals surface area contributed by atoms with Gasteiger partial charge in [0.2, 0.25) is 5.91 Å². The van der Waals surface area contributed by atoms with Crippen LogP contribution in [-0.2, 0) is 16.1 Å². The smallest absolute Gasteiger partial charge is 0.266 e. The summed E-state index contributed by atoms with van der Waals surface area (Å²) in [5.74, 6) is 0.683. The number of carbonyl (C=O) groups is 1. The average molecular weight is 371 g/mol. The Labute approximate surface area is 158 Å². The molecule has 0 aliphatic carbocycles. The summed E-state index contributed by atoms with van der Waals surface area (Å²) in [6.45, 7) is 4.06. The molecule has 2 aromatic rings. The largest absolute Gasteiger partial charge is 0.494 e. The number of ether oxygens (including phenoxy) is 2. The van der Waals surface area contributed by atoms with Crippen LogP contribution in [0.5, 0.6) is 5.75 Å². The van der Waals surface area contributed by atoms with Gasteiger partial charge in [0, 0.05) is 31.2 Å². The summed E-state index contributed by atoms with van der Waals surface area (Å²) in [6, 6.07) is 10.7. The minimum atomic E-state index is -0.225. The monoisotopic (exact) mass is 371 g/mol. The van der Waals surface area contributed by atoms with Crippen molar-refractivity contribution in [3.63, 3.8) is 0 Å². The van der Waals surface area contributed by atoms with Gasteiger partial charge in [-0.1, -0.05) is 0 Å². The molecular weight excluding hydrogens is 346 g/mol. The molecule has 7 nitrogen and oxygen atoms in total. The first-order valence-electron chi connectivity index (χ1n) is 9.35. The van der Waals surface area contributed by atoms with E-state index in [4.69, 9.17) is 9.47 Å². The molecule has 7 heteroatoms. The van der Waals surface area contributed by atoms with Gasteiger partial charge in [-0.05, 0) is 50.1 Å². The molecule has 1 aliphatic rings. The average Bonchev–Trinajstić information content (AvgIpc) is 3.20. The fraction of sp³-hybridized carbons (Fsp3) is 0.450. The fourth-order valence-electron chi connectivity index (χ4n) is 2.98. The van der Waals surface area contributed by atoms with E-state index in [9.17, 15) is 9.59 Å². The van der Waals surface area contributed by atoms with Gasteiger partial charge in [-0.15, -0.1) is 0 Å². The van der Waals surface area contributed by atoms with Crippen LogP contribution in [0.3, 0.4) is 0 Å². The van der Waals surface area contributed by atoms with E-state index in [1.165, 1.54) is 10.7 Å². The van der Waals surface area contributed by atoms with E-state index in [1.807, 2.05) is 31.2 Å². The third kappa shape index (κ3) is 5.40. The highest BCUT2D eigenvalue weighted by molar-refractivity contribution is 5.75. The van der Waals surface area contributed by atoms with E-state index < -0.39 is 0 Å². The quantitative estimate of drug-likeness (QED) is 0.767. The van der Waals surface area contributed by atoms with E-state index in [2.05, 4.69) is 10.4 Å². The van der Waals surface area contributed by atoms with Crippen molar-refractivity contribution in [3.05, 3.63) is 46.8 Å². The van der Waals surface area contributed by atoms with Crippen LogP contribution in [0.1, 0.15) is 26.2 Å². The van der Waals surface area contributed by atoms with Crippen molar-refractivity contribution in [3.8, 4) is 17.0 Å². The van der Waals surface area contributed by atoms with Gasteiger partial charge < -0.3 is 14.8 Å². The van der Waals surface area contributed by atoms with Gasteiger partial charge >= 0.3 is 0 Å². The number of aryl methyl sites for hydroxylation is 1. The van der Waals surface area contributed by atoms with Gasteiger partial charge in [0.05, 0.1) is 24.9 Å². The Hall–Kier alpha value is -2.67. The van der Waals surface area contributed by atoms with E-state index in [0.717, 1.165) is 30.8 Å². The second kappa shape index (κ2) is 9.32. The van der Waals surface area contributed by atoms with Crippen LogP contribution in [0.2, 0.25) is 0 Å². The summed E-state index contributed by atoms with van der Waals surface area (Å²) >= 11 is 0. The summed E-state index contributed by atoms with van der Waals surface area (Å²) in [5.41, 5.74) is 1.34. The first-order chi connectivity index (χ1) is 13.2. The molecule has 1 aliphatic heterocycles. The number of rotatable bonds is 8. The maximum absolute atomic E-state index is 12.1. The summed E-state index contributed by atoms with van der Waals surface area (Å²) in [7, 11) is 0. The third-order valence-corrected chi connectivity index (χ3v) is 4.43. The molecule has 1 unspecified atom stereocenters. The Morgan fingerprint density at radius 2 is 2.11 bits per heavy atom. The Kier molecular flexibility index (Phi) is 6.59. The molecule has 1 aromatic heterocycles.